The summed E-state index contributed by atoms with van der Waals surface area (Å²) in [7, 11) is 0. The Labute approximate surface area is 138 Å². The van der Waals surface area contributed by atoms with E-state index in [2.05, 4.69) is 18.2 Å². The maximum atomic E-state index is 6.30. The van der Waals surface area contributed by atoms with Crippen LogP contribution in [0.3, 0.4) is 0 Å². The molecule has 0 N–H and O–H groups in total. The Morgan fingerprint density at radius 2 is 1.57 bits per heavy atom. The monoisotopic (exact) mass is 335 g/mol. The van der Waals surface area contributed by atoms with Gasteiger partial charge in [0.05, 0.1) is 15.2 Å². The van der Waals surface area contributed by atoms with Gasteiger partial charge in [0.1, 0.15) is 0 Å². The van der Waals surface area contributed by atoms with Crippen molar-refractivity contribution in [2.45, 2.75) is 11.8 Å². The molecular formula is C17H15Cl2NS. The molecule has 1 heterocycles. The molecule has 2 aromatic carbocycles. The highest BCUT2D eigenvalue weighted by atomic mass is 35.5. The van der Waals surface area contributed by atoms with Crippen molar-refractivity contribution in [3.8, 4) is 0 Å². The van der Waals surface area contributed by atoms with Crippen LogP contribution in [-0.2, 0) is 11.8 Å². The molecule has 0 bridgehead atoms. The van der Waals surface area contributed by atoms with Gasteiger partial charge in [-0.25, -0.2) is 4.98 Å². The van der Waals surface area contributed by atoms with Crippen LogP contribution >= 0.6 is 34.5 Å². The van der Waals surface area contributed by atoms with E-state index in [1.165, 1.54) is 10.3 Å². The highest BCUT2D eigenvalue weighted by molar-refractivity contribution is 7.18. The van der Waals surface area contributed by atoms with Crippen molar-refractivity contribution in [1.29, 1.82) is 0 Å². The van der Waals surface area contributed by atoms with Gasteiger partial charge >= 0.3 is 0 Å². The van der Waals surface area contributed by atoms with E-state index in [-0.39, 0.29) is 5.41 Å². The molecule has 0 amide bonds. The number of thiazole rings is 1. The van der Waals surface area contributed by atoms with Gasteiger partial charge in [0, 0.05) is 23.6 Å². The topological polar surface area (TPSA) is 12.9 Å². The number of nitrogens with zero attached hydrogens (tertiary/aromatic N) is 1. The van der Waals surface area contributed by atoms with Crippen molar-refractivity contribution in [2.24, 2.45) is 0 Å². The SMILES string of the molecule is ClCC(CCl)(Cc1nc2ccccc2s1)c1ccccc1. The van der Waals surface area contributed by atoms with Gasteiger partial charge in [-0.3, -0.25) is 0 Å². The van der Waals surface area contributed by atoms with Crippen molar-refractivity contribution in [3.05, 3.63) is 65.2 Å². The van der Waals surface area contributed by atoms with Crippen molar-refractivity contribution < 1.29 is 0 Å². The Morgan fingerprint density at radius 1 is 0.905 bits per heavy atom. The lowest BCUT2D eigenvalue weighted by molar-refractivity contribution is 0.535. The van der Waals surface area contributed by atoms with Gasteiger partial charge in [0.15, 0.2) is 0 Å². The van der Waals surface area contributed by atoms with Crippen molar-refractivity contribution in [3.63, 3.8) is 0 Å². The summed E-state index contributed by atoms with van der Waals surface area (Å²) < 4.78 is 1.21. The number of fused-ring (bicyclic) bond motifs is 1. The zero-order chi connectivity index (χ0) is 14.7. The maximum absolute atomic E-state index is 6.30. The summed E-state index contributed by atoms with van der Waals surface area (Å²) in [6.07, 6.45) is 0.767. The van der Waals surface area contributed by atoms with E-state index < -0.39 is 0 Å². The highest BCUT2D eigenvalue weighted by Gasteiger charge is 2.32. The molecule has 108 valence electrons. The number of alkyl halides is 2. The summed E-state index contributed by atoms with van der Waals surface area (Å²) in [6.45, 7) is 0. The first kappa shape index (κ1) is 14.8. The number of hydrogen-bond acceptors (Lipinski definition) is 2. The second-order valence-corrected chi connectivity index (χ2v) is 6.82. The average Bonchev–Trinajstić information content (AvgIpc) is 2.96. The van der Waals surface area contributed by atoms with E-state index >= 15 is 0 Å². The van der Waals surface area contributed by atoms with Crippen molar-refractivity contribution >= 4 is 44.8 Å². The number of aromatic nitrogens is 1. The molecule has 4 heteroatoms. The molecule has 0 unspecified atom stereocenters. The molecule has 1 nitrogen and oxygen atoms in total. The standard InChI is InChI=1S/C17H15Cl2NS/c18-11-17(12-19,13-6-2-1-3-7-13)10-16-20-14-8-4-5-9-15(14)21-16/h1-9H,10-12H2. The number of benzene rings is 2. The summed E-state index contributed by atoms with van der Waals surface area (Å²) in [4.78, 5) is 4.72. The first-order chi connectivity index (χ1) is 10.3. The predicted octanol–water partition coefficient (Wildman–Crippen LogP) is 5.25. The molecule has 0 atom stereocenters. The van der Waals surface area contributed by atoms with Gasteiger partial charge in [0.2, 0.25) is 0 Å². The number of halogens is 2. The van der Waals surface area contributed by atoms with Crippen LogP contribution in [-0.4, -0.2) is 16.7 Å². The molecule has 3 rings (SSSR count). The third kappa shape index (κ3) is 2.94. The zero-order valence-electron chi connectivity index (χ0n) is 11.4. The second kappa shape index (κ2) is 6.35. The molecule has 0 saturated heterocycles. The molecule has 0 spiro atoms. The van der Waals surface area contributed by atoms with Gasteiger partial charge in [-0.2, -0.15) is 0 Å². The lowest BCUT2D eigenvalue weighted by Crippen LogP contribution is -2.33. The van der Waals surface area contributed by atoms with E-state index in [0.717, 1.165) is 16.9 Å². The predicted molar refractivity (Wildman–Crippen MR) is 92.9 cm³/mol. The summed E-state index contributed by atoms with van der Waals surface area (Å²) >= 11 is 14.3. The molecule has 0 fully saturated rings. The fourth-order valence-electron chi connectivity index (χ4n) is 2.46. The molecule has 0 aliphatic heterocycles. The Morgan fingerprint density at radius 3 is 2.24 bits per heavy atom. The van der Waals surface area contributed by atoms with Crippen LogP contribution < -0.4 is 0 Å². The third-order valence-corrected chi connectivity index (χ3v) is 5.79. The van der Waals surface area contributed by atoms with Crippen LogP contribution in [0.25, 0.3) is 10.2 Å². The molecule has 0 saturated carbocycles. The molecule has 1 aromatic heterocycles. The minimum absolute atomic E-state index is 0.266. The number of hydrogen-bond donors (Lipinski definition) is 0. The van der Waals surface area contributed by atoms with E-state index in [1.807, 2.05) is 36.4 Å². The molecule has 3 aromatic rings. The molecule has 0 radical (unpaired) electrons. The van der Waals surface area contributed by atoms with Crippen LogP contribution in [0, 0.1) is 0 Å². The van der Waals surface area contributed by atoms with Crippen molar-refractivity contribution in [2.75, 3.05) is 11.8 Å². The highest BCUT2D eigenvalue weighted by Crippen LogP contribution is 2.34. The van der Waals surface area contributed by atoms with Gasteiger partial charge in [0.25, 0.3) is 0 Å². The third-order valence-electron chi connectivity index (χ3n) is 3.73. The van der Waals surface area contributed by atoms with E-state index in [9.17, 15) is 0 Å². The van der Waals surface area contributed by atoms with Gasteiger partial charge in [-0.15, -0.1) is 34.5 Å². The summed E-state index contributed by atoms with van der Waals surface area (Å²) in [5.74, 6) is 0.965. The van der Waals surface area contributed by atoms with Gasteiger partial charge in [-0.1, -0.05) is 42.5 Å². The summed E-state index contributed by atoms with van der Waals surface area (Å²) in [5, 5.41) is 1.08. The average molecular weight is 336 g/mol. The fourth-order valence-corrected chi connectivity index (χ4v) is 4.36. The van der Waals surface area contributed by atoms with Crippen LogP contribution in [0.4, 0.5) is 0 Å². The van der Waals surface area contributed by atoms with Gasteiger partial charge < -0.3 is 0 Å². The number of rotatable bonds is 5. The second-order valence-electron chi connectivity index (χ2n) is 5.17. The Balaban J connectivity index is 1.98. The first-order valence-electron chi connectivity index (χ1n) is 6.79. The summed E-state index contributed by atoms with van der Waals surface area (Å²) in [5.41, 5.74) is 1.95. The lowest BCUT2D eigenvalue weighted by atomic mass is 9.81. The normalized spacial score (nSPS) is 11.9. The van der Waals surface area contributed by atoms with Crippen LogP contribution in [0.5, 0.6) is 0 Å². The zero-order valence-corrected chi connectivity index (χ0v) is 13.8. The molecule has 0 aliphatic carbocycles. The summed E-state index contributed by atoms with van der Waals surface area (Å²) in [6, 6.07) is 18.5. The van der Waals surface area contributed by atoms with E-state index in [4.69, 9.17) is 28.2 Å². The quantitative estimate of drug-likeness (QED) is 0.580. The largest absolute Gasteiger partial charge is 0.241 e. The smallest absolute Gasteiger partial charge is 0.0948 e. The van der Waals surface area contributed by atoms with Crippen LogP contribution in [0.15, 0.2) is 54.6 Å². The van der Waals surface area contributed by atoms with Crippen molar-refractivity contribution in [1.82, 2.24) is 4.98 Å². The maximum Gasteiger partial charge on any atom is 0.0948 e. The first-order valence-corrected chi connectivity index (χ1v) is 8.68. The lowest BCUT2D eigenvalue weighted by Gasteiger charge is -2.29. The minimum atomic E-state index is -0.266. The Hall–Kier alpha value is -1.09. The fraction of sp³-hybridized carbons (Fsp3) is 0.235. The van der Waals surface area contributed by atoms with E-state index in [0.29, 0.717) is 11.8 Å². The Bertz CT molecular complexity index is 687. The van der Waals surface area contributed by atoms with Gasteiger partial charge in [-0.05, 0) is 17.7 Å². The number of para-hydroxylation sites is 1. The molecule has 0 aliphatic rings. The molecule has 21 heavy (non-hydrogen) atoms. The Kier molecular flexibility index (Phi) is 4.48. The van der Waals surface area contributed by atoms with Crippen LogP contribution in [0.1, 0.15) is 10.6 Å². The van der Waals surface area contributed by atoms with E-state index in [1.54, 1.807) is 11.3 Å². The van der Waals surface area contributed by atoms with Crippen LogP contribution in [0.2, 0.25) is 0 Å². The molecular weight excluding hydrogens is 321 g/mol. The minimum Gasteiger partial charge on any atom is -0.241 e.